The topological polar surface area (TPSA) is 202 Å². The van der Waals surface area contributed by atoms with Crippen LogP contribution in [0.5, 0.6) is 11.6 Å². The van der Waals surface area contributed by atoms with Crippen molar-refractivity contribution in [2.24, 2.45) is 0 Å². The maximum atomic E-state index is 14.5. The molecule has 0 radical (unpaired) electrons. The van der Waals surface area contributed by atoms with Gasteiger partial charge in [0.1, 0.15) is 35.7 Å². The highest BCUT2D eigenvalue weighted by Gasteiger charge is 2.54. The van der Waals surface area contributed by atoms with Gasteiger partial charge < -0.3 is 34.7 Å². The van der Waals surface area contributed by atoms with Crippen molar-refractivity contribution in [3.8, 4) is 11.6 Å². The number of imidazole rings is 1. The molecule has 0 bridgehead atoms. The number of benzene rings is 3. The van der Waals surface area contributed by atoms with E-state index in [1.54, 1.807) is 38.1 Å². The SMILES string of the molecule is CCOc1nc(N)nc2c1ncn2[C@@H]1O[C@H](COP(=O)(N[C@@H](C)C(=O)O[C@@H](C)c2ccccc2)Oc2cccc3ccccc23)[C@@H](O)[C@@]1(C)O. The van der Waals surface area contributed by atoms with Gasteiger partial charge in [-0.1, -0.05) is 66.7 Å². The summed E-state index contributed by atoms with van der Waals surface area (Å²) in [6, 6.07) is 20.6. The van der Waals surface area contributed by atoms with E-state index in [4.69, 9.17) is 29.0 Å². The van der Waals surface area contributed by atoms with E-state index in [1.165, 1.54) is 24.7 Å². The van der Waals surface area contributed by atoms with Crippen LogP contribution in [0.2, 0.25) is 0 Å². The van der Waals surface area contributed by atoms with Gasteiger partial charge in [-0.15, -0.1) is 0 Å². The Kier molecular flexibility index (Phi) is 10.1. The first-order valence-electron chi connectivity index (χ1n) is 16.0. The van der Waals surface area contributed by atoms with E-state index in [9.17, 15) is 19.6 Å². The molecule has 50 heavy (non-hydrogen) atoms. The summed E-state index contributed by atoms with van der Waals surface area (Å²) in [5, 5.41) is 26.9. The predicted octanol–water partition coefficient (Wildman–Crippen LogP) is 4.46. The third kappa shape index (κ3) is 7.15. The van der Waals surface area contributed by atoms with E-state index in [0.717, 1.165) is 10.9 Å². The van der Waals surface area contributed by atoms with Gasteiger partial charge in [0.05, 0.1) is 19.5 Å². The standard InChI is InChI=1S/C34H39N6O9P/c1-5-45-30-27-29(37-33(35)38-30)40(19-36-27)32-34(4,43)28(41)26(48-32)18-46-50(44,49-25-17-11-15-23-14-9-10-16-24(23)25)39-20(2)31(42)47-21(3)22-12-7-6-8-13-22/h6-17,19-21,26,28,32,41,43H,5,18H2,1-4H3,(H,39,44)(H2,35,37,38)/t20-,21-,26+,28+,32+,34+,50?/m0/s1. The number of anilines is 1. The number of ether oxygens (including phenoxy) is 3. The fourth-order valence-corrected chi connectivity index (χ4v) is 7.24. The monoisotopic (exact) mass is 706 g/mol. The molecule has 1 aliphatic heterocycles. The first kappa shape index (κ1) is 35.2. The van der Waals surface area contributed by atoms with E-state index in [2.05, 4.69) is 20.0 Å². The Morgan fingerprint density at radius 2 is 1.82 bits per heavy atom. The molecule has 1 aliphatic rings. The number of hydrogen-bond donors (Lipinski definition) is 4. The summed E-state index contributed by atoms with van der Waals surface area (Å²) in [7, 11) is -4.43. The van der Waals surface area contributed by atoms with Crippen molar-refractivity contribution in [3.63, 3.8) is 0 Å². The second-order valence-corrected chi connectivity index (χ2v) is 13.7. The summed E-state index contributed by atoms with van der Waals surface area (Å²) in [5.41, 5.74) is 5.25. The van der Waals surface area contributed by atoms with Gasteiger partial charge in [-0.25, -0.2) is 9.55 Å². The van der Waals surface area contributed by atoms with E-state index in [1.807, 2.05) is 48.5 Å². The van der Waals surface area contributed by atoms with Gasteiger partial charge in [-0.3, -0.25) is 13.9 Å². The number of nitrogens with one attached hydrogen (secondary N) is 1. The minimum Gasteiger partial charge on any atom is -0.476 e. The zero-order valence-corrected chi connectivity index (χ0v) is 28.8. The quantitative estimate of drug-likeness (QED) is 0.0987. The van der Waals surface area contributed by atoms with Crippen molar-refractivity contribution in [2.45, 2.75) is 63.9 Å². The van der Waals surface area contributed by atoms with E-state index < -0.39 is 56.5 Å². The van der Waals surface area contributed by atoms with Gasteiger partial charge in [0.15, 0.2) is 17.4 Å². The number of aliphatic hydroxyl groups excluding tert-OH is 1. The van der Waals surface area contributed by atoms with Gasteiger partial charge >= 0.3 is 13.7 Å². The van der Waals surface area contributed by atoms with Crippen molar-refractivity contribution in [3.05, 3.63) is 84.7 Å². The second-order valence-electron chi connectivity index (χ2n) is 12.0. The van der Waals surface area contributed by atoms with E-state index >= 15 is 0 Å². The lowest BCUT2D eigenvalue weighted by Crippen LogP contribution is -2.44. The second kappa shape index (κ2) is 14.3. The molecule has 0 amide bonds. The zero-order valence-electron chi connectivity index (χ0n) is 27.9. The summed E-state index contributed by atoms with van der Waals surface area (Å²) >= 11 is 0. The fraction of sp³-hybridized carbons (Fsp3) is 0.353. The normalized spacial score (nSPS) is 23.0. The Morgan fingerprint density at radius 1 is 1.10 bits per heavy atom. The van der Waals surface area contributed by atoms with Gasteiger partial charge in [-0.05, 0) is 44.7 Å². The molecule has 7 atom stereocenters. The summed E-state index contributed by atoms with van der Waals surface area (Å²) in [5.74, 6) is -0.423. The predicted molar refractivity (Wildman–Crippen MR) is 183 cm³/mol. The molecule has 2 aromatic heterocycles. The Morgan fingerprint density at radius 3 is 2.58 bits per heavy atom. The summed E-state index contributed by atoms with van der Waals surface area (Å²) in [6.45, 7) is 6.12. The number of carbonyl (C=O) groups is 1. The van der Waals surface area contributed by atoms with Crippen molar-refractivity contribution in [1.29, 1.82) is 0 Å². The fourth-order valence-electron chi connectivity index (χ4n) is 5.72. The highest BCUT2D eigenvalue weighted by atomic mass is 31.2. The molecule has 264 valence electrons. The Bertz CT molecular complexity index is 2020. The molecule has 5 N–H and O–H groups in total. The number of rotatable bonds is 13. The Hall–Kier alpha value is -4.63. The number of nitrogens with zero attached hydrogens (tertiary/aromatic N) is 4. The van der Waals surface area contributed by atoms with Crippen LogP contribution in [0.1, 0.15) is 45.6 Å². The number of carbonyl (C=O) groups excluding carboxylic acids is 1. The smallest absolute Gasteiger partial charge is 0.459 e. The third-order valence-corrected chi connectivity index (χ3v) is 9.97. The largest absolute Gasteiger partial charge is 0.476 e. The molecule has 3 heterocycles. The number of nitrogens with two attached hydrogens (primary N) is 1. The van der Waals surface area contributed by atoms with Gasteiger partial charge in [0.25, 0.3) is 0 Å². The highest BCUT2D eigenvalue weighted by Crippen LogP contribution is 2.48. The number of hydrogen-bond acceptors (Lipinski definition) is 13. The molecule has 1 unspecified atom stereocenters. The van der Waals surface area contributed by atoms with Crippen LogP contribution in [-0.4, -0.2) is 72.8 Å². The van der Waals surface area contributed by atoms with Crippen LogP contribution >= 0.6 is 7.75 Å². The summed E-state index contributed by atoms with van der Waals surface area (Å²) in [6.07, 6.45) is -3.24. The maximum Gasteiger partial charge on any atom is 0.459 e. The lowest BCUT2D eigenvalue weighted by atomic mass is 9.96. The van der Waals surface area contributed by atoms with Crippen LogP contribution in [0.25, 0.3) is 21.9 Å². The average molecular weight is 707 g/mol. The molecule has 1 saturated heterocycles. The lowest BCUT2D eigenvalue weighted by Gasteiger charge is -2.27. The molecule has 0 spiro atoms. The molecule has 0 saturated carbocycles. The van der Waals surface area contributed by atoms with Crippen molar-refractivity contribution >= 4 is 41.6 Å². The Balaban J connectivity index is 1.25. The van der Waals surface area contributed by atoms with E-state index in [0.29, 0.717) is 12.0 Å². The summed E-state index contributed by atoms with van der Waals surface area (Å²) in [4.78, 5) is 25.8. The number of fused-ring (bicyclic) bond motifs is 2. The van der Waals surface area contributed by atoms with Crippen molar-refractivity contribution in [2.75, 3.05) is 18.9 Å². The van der Waals surface area contributed by atoms with Crippen LogP contribution in [0.3, 0.4) is 0 Å². The van der Waals surface area contributed by atoms with E-state index in [-0.39, 0.29) is 28.7 Å². The molecule has 1 fully saturated rings. The molecule has 15 nitrogen and oxygen atoms in total. The molecule has 16 heteroatoms. The minimum absolute atomic E-state index is 0.0934. The number of aliphatic hydroxyl groups is 2. The van der Waals surface area contributed by atoms with Gasteiger partial charge in [-0.2, -0.15) is 15.1 Å². The molecule has 6 rings (SSSR count). The van der Waals surface area contributed by atoms with Gasteiger partial charge in [0, 0.05) is 5.39 Å². The number of esters is 1. The Labute approximate surface area is 287 Å². The van der Waals surface area contributed by atoms with Crippen LogP contribution in [0.4, 0.5) is 5.95 Å². The zero-order chi connectivity index (χ0) is 35.6. The summed E-state index contributed by atoms with van der Waals surface area (Å²) < 4.78 is 45.1. The van der Waals surface area contributed by atoms with Crippen LogP contribution in [-0.2, 0) is 23.4 Å². The van der Waals surface area contributed by atoms with Gasteiger partial charge in [0.2, 0.25) is 11.8 Å². The van der Waals surface area contributed by atoms with Crippen molar-refractivity contribution < 1.29 is 42.8 Å². The lowest BCUT2D eigenvalue weighted by molar-refractivity contribution is -0.150. The molecular formula is C34H39N6O9P. The first-order chi connectivity index (χ1) is 23.9. The molecule has 5 aromatic rings. The minimum atomic E-state index is -4.43. The number of nitrogen functional groups attached to an aromatic ring is 1. The molecule has 3 aromatic carbocycles. The number of aromatic nitrogens is 4. The molecular weight excluding hydrogens is 667 g/mol. The molecule has 0 aliphatic carbocycles. The van der Waals surface area contributed by atoms with Crippen LogP contribution in [0, 0.1) is 0 Å². The third-order valence-electron chi connectivity index (χ3n) is 8.34. The van der Waals surface area contributed by atoms with Crippen molar-refractivity contribution in [1.82, 2.24) is 24.6 Å². The van der Waals surface area contributed by atoms with Crippen LogP contribution < -0.4 is 20.1 Å². The van der Waals surface area contributed by atoms with Crippen LogP contribution in [0.15, 0.2) is 79.1 Å². The maximum absolute atomic E-state index is 14.5. The average Bonchev–Trinajstić information content (AvgIpc) is 3.61. The highest BCUT2D eigenvalue weighted by molar-refractivity contribution is 7.52. The first-order valence-corrected chi connectivity index (χ1v) is 17.6.